The number of hydrogen-bond acceptors (Lipinski definition) is 2. The van der Waals surface area contributed by atoms with Crippen LogP contribution in [0.3, 0.4) is 0 Å². The Hall–Kier alpha value is -2.30. The van der Waals surface area contributed by atoms with Gasteiger partial charge in [0.15, 0.2) is 19.6 Å². The molecule has 198 valence electrons. The molecule has 0 aliphatic rings. The van der Waals surface area contributed by atoms with E-state index >= 15 is 0 Å². The Morgan fingerprint density at radius 3 is 1.61 bits per heavy atom. The van der Waals surface area contributed by atoms with Crippen LogP contribution in [0.2, 0.25) is 0 Å². The summed E-state index contributed by atoms with van der Waals surface area (Å²) >= 11 is 0. The lowest BCUT2D eigenvalue weighted by atomic mass is 10.1. The van der Waals surface area contributed by atoms with Crippen LogP contribution in [0.4, 0.5) is 0 Å². The second kappa shape index (κ2) is 20.8. The third-order valence-corrected chi connectivity index (χ3v) is 6.71. The third-order valence-electron chi connectivity index (χ3n) is 6.71. The number of nitrogens with zero attached hydrogens (tertiary/aromatic N) is 2. The van der Waals surface area contributed by atoms with Crippen molar-refractivity contribution in [3.8, 4) is 0 Å². The summed E-state index contributed by atoms with van der Waals surface area (Å²) in [6, 6.07) is 21.2. The Labute approximate surface area is 221 Å². The van der Waals surface area contributed by atoms with E-state index < -0.39 is 0 Å². The maximum atomic E-state index is 4.19. The Bertz CT molecular complexity index is 803. The number of rotatable bonds is 23. The smallest absolute Gasteiger partial charge is 0.167 e. The van der Waals surface area contributed by atoms with Gasteiger partial charge in [0.25, 0.3) is 0 Å². The van der Waals surface area contributed by atoms with Gasteiger partial charge in [-0.15, -0.1) is 0 Å². The molecule has 2 rings (SSSR count). The van der Waals surface area contributed by atoms with Gasteiger partial charge in [0.2, 0.25) is 0 Å². The fourth-order valence-electron chi connectivity index (χ4n) is 4.46. The van der Waals surface area contributed by atoms with Gasteiger partial charge < -0.3 is 10.6 Å². The molecular formula is C32H52N4+2. The van der Waals surface area contributed by atoms with Crippen LogP contribution >= 0.6 is 0 Å². The first-order chi connectivity index (χ1) is 17.7. The maximum Gasteiger partial charge on any atom is 0.167 e. The molecule has 2 aromatic rings. The minimum Gasteiger partial charge on any atom is -0.311 e. The molecule has 0 heterocycles. The zero-order chi connectivity index (χ0) is 25.5. The van der Waals surface area contributed by atoms with Gasteiger partial charge in [0.1, 0.15) is 20.0 Å². The number of unbranched alkanes of at least 4 members (excludes halogenated alkanes) is 9. The molecule has 0 aliphatic carbocycles. The highest BCUT2D eigenvalue weighted by atomic mass is 15.0. The van der Waals surface area contributed by atoms with Gasteiger partial charge >= 0.3 is 0 Å². The van der Waals surface area contributed by atoms with E-state index in [4.69, 9.17) is 0 Å². The molecule has 2 aromatic carbocycles. The normalized spacial score (nSPS) is 11.0. The second-order valence-electron chi connectivity index (χ2n) is 10.1. The summed E-state index contributed by atoms with van der Waals surface area (Å²) in [5.41, 5.74) is 2.67. The van der Waals surface area contributed by atoms with Gasteiger partial charge in [0.05, 0.1) is 13.1 Å². The highest BCUT2D eigenvalue weighted by Gasteiger charge is 2.03. The van der Waals surface area contributed by atoms with Crippen LogP contribution in [0.5, 0.6) is 0 Å². The largest absolute Gasteiger partial charge is 0.311 e. The molecule has 0 saturated carbocycles. The van der Waals surface area contributed by atoms with E-state index in [2.05, 4.69) is 93.9 Å². The number of benzene rings is 2. The van der Waals surface area contributed by atoms with E-state index in [9.17, 15) is 0 Å². The van der Waals surface area contributed by atoms with Crippen LogP contribution < -0.4 is 10.6 Å². The Balaban J connectivity index is 1.26. The standard InChI is InChI=1S/C32H52N4/c1-35(27-25-34-29-31-19-13-11-14-20-31)26-18-10-8-6-4-3-5-7-9-17-23-33-24-28-36(2)30-32-21-15-12-16-22-32/h11-16,19-22,33-34H,1-10,17-18,23-30H2/q+2. The second-order valence-corrected chi connectivity index (χ2v) is 10.1. The predicted molar refractivity (Wildman–Crippen MR) is 157 cm³/mol. The molecule has 36 heavy (non-hydrogen) atoms. The van der Waals surface area contributed by atoms with Crippen molar-refractivity contribution in [2.75, 3.05) is 39.3 Å². The zero-order valence-electron chi connectivity index (χ0n) is 22.8. The van der Waals surface area contributed by atoms with Crippen molar-refractivity contribution in [3.63, 3.8) is 0 Å². The van der Waals surface area contributed by atoms with E-state index in [1.54, 1.807) is 0 Å². The summed E-state index contributed by atoms with van der Waals surface area (Å²) < 4.78 is 4.36. The Morgan fingerprint density at radius 2 is 0.972 bits per heavy atom. The maximum absolute atomic E-state index is 4.19. The van der Waals surface area contributed by atoms with Crippen molar-refractivity contribution in [2.45, 2.75) is 77.3 Å². The minimum absolute atomic E-state index is 0.921. The van der Waals surface area contributed by atoms with Crippen LogP contribution in [-0.4, -0.2) is 61.9 Å². The number of hydrogen-bond donors (Lipinski definition) is 2. The molecule has 4 nitrogen and oxygen atoms in total. The molecule has 0 aromatic heterocycles. The van der Waals surface area contributed by atoms with Gasteiger partial charge in [-0.3, -0.25) is 0 Å². The molecule has 0 amide bonds. The van der Waals surface area contributed by atoms with Crippen LogP contribution in [-0.2, 0) is 13.1 Å². The lowest BCUT2D eigenvalue weighted by Gasteiger charge is -2.06. The molecule has 0 saturated heterocycles. The number of nitrogens with one attached hydrogen (secondary N) is 2. The van der Waals surface area contributed by atoms with E-state index in [1.165, 1.54) is 75.3 Å². The molecule has 0 radical (unpaired) electrons. The molecule has 4 heteroatoms. The molecule has 2 N–H and O–H groups in total. The SMILES string of the molecule is C=[N+](CCCCCCCCCCCCNCC[N+](=C)Cc1ccccc1)CCNCc1ccccc1. The first-order valence-electron chi connectivity index (χ1n) is 14.3. The van der Waals surface area contributed by atoms with Gasteiger partial charge in [0, 0.05) is 18.5 Å². The van der Waals surface area contributed by atoms with Crippen molar-refractivity contribution in [3.05, 3.63) is 71.8 Å². The van der Waals surface area contributed by atoms with Gasteiger partial charge in [-0.2, -0.15) is 0 Å². The summed E-state index contributed by atoms with van der Waals surface area (Å²) in [6.45, 7) is 16.5. The van der Waals surface area contributed by atoms with Crippen molar-refractivity contribution >= 4 is 13.4 Å². The Kier molecular flexibility index (Phi) is 17.3. The topological polar surface area (TPSA) is 30.1 Å². The quantitative estimate of drug-likeness (QED) is 0.115. The van der Waals surface area contributed by atoms with Crippen molar-refractivity contribution in [2.24, 2.45) is 0 Å². The van der Waals surface area contributed by atoms with Gasteiger partial charge in [-0.05, 0) is 24.9 Å². The molecule has 0 aliphatic heterocycles. The average Bonchev–Trinajstić information content (AvgIpc) is 2.90. The van der Waals surface area contributed by atoms with E-state index in [0.29, 0.717) is 0 Å². The summed E-state index contributed by atoms with van der Waals surface area (Å²) in [5.74, 6) is 0. The average molecular weight is 493 g/mol. The summed E-state index contributed by atoms with van der Waals surface area (Å²) in [7, 11) is 0. The predicted octanol–water partition coefficient (Wildman–Crippen LogP) is 5.89. The zero-order valence-corrected chi connectivity index (χ0v) is 22.8. The fraction of sp³-hybridized carbons (Fsp3) is 0.562. The van der Waals surface area contributed by atoms with Crippen LogP contribution in [0.1, 0.15) is 75.3 Å². The highest BCUT2D eigenvalue weighted by molar-refractivity contribution is 5.17. The summed E-state index contributed by atoms with van der Waals surface area (Å²) in [6.07, 6.45) is 13.6. The molecule has 0 unspecified atom stereocenters. The van der Waals surface area contributed by atoms with Crippen molar-refractivity contribution < 1.29 is 9.15 Å². The van der Waals surface area contributed by atoms with Gasteiger partial charge in [-0.1, -0.05) is 106 Å². The highest BCUT2D eigenvalue weighted by Crippen LogP contribution is 2.10. The molecule has 0 spiro atoms. The van der Waals surface area contributed by atoms with E-state index in [-0.39, 0.29) is 0 Å². The van der Waals surface area contributed by atoms with E-state index in [1.807, 2.05) is 0 Å². The lowest BCUT2D eigenvalue weighted by Crippen LogP contribution is -2.25. The first kappa shape index (κ1) is 29.9. The van der Waals surface area contributed by atoms with Crippen LogP contribution in [0.15, 0.2) is 60.7 Å². The van der Waals surface area contributed by atoms with Crippen LogP contribution in [0.25, 0.3) is 0 Å². The van der Waals surface area contributed by atoms with Crippen molar-refractivity contribution in [1.82, 2.24) is 10.6 Å². The summed E-state index contributed by atoms with van der Waals surface area (Å²) in [4.78, 5) is 0. The Morgan fingerprint density at radius 1 is 0.472 bits per heavy atom. The lowest BCUT2D eigenvalue weighted by molar-refractivity contribution is -0.533. The molecule has 0 atom stereocenters. The molecule has 0 fully saturated rings. The molecule has 0 bridgehead atoms. The molecular weight excluding hydrogens is 440 g/mol. The first-order valence-corrected chi connectivity index (χ1v) is 14.3. The monoisotopic (exact) mass is 492 g/mol. The van der Waals surface area contributed by atoms with E-state index in [0.717, 1.165) is 52.4 Å². The van der Waals surface area contributed by atoms with Crippen molar-refractivity contribution in [1.29, 1.82) is 0 Å². The fourth-order valence-corrected chi connectivity index (χ4v) is 4.46. The summed E-state index contributed by atoms with van der Waals surface area (Å²) in [5, 5.41) is 7.07. The third kappa shape index (κ3) is 16.4. The minimum atomic E-state index is 0.921. The van der Waals surface area contributed by atoms with Gasteiger partial charge in [-0.25, -0.2) is 9.15 Å². The van der Waals surface area contributed by atoms with Crippen LogP contribution in [0, 0.1) is 0 Å².